The van der Waals surface area contributed by atoms with Crippen LogP contribution in [-0.2, 0) is 9.53 Å². The van der Waals surface area contributed by atoms with Crippen molar-refractivity contribution in [2.75, 3.05) is 39.4 Å². The minimum Gasteiger partial charge on any atom is -0.395 e. The first-order valence-electron chi connectivity index (χ1n) is 5.44. The van der Waals surface area contributed by atoms with E-state index in [4.69, 9.17) is 9.84 Å². The van der Waals surface area contributed by atoms with Gasteiger partial charge < -0.3 is 15.2 Å². The van der Waals surface area contributed by atoms with E-state index in [-0.39, 0.29) is 18.6 Å². The Hall–Kier alpha value is -0.650. The molecule has 2 N–H and O–H groups in total. The van der Waals surface area contributed by atoms with Crippen molar-refractivity contribution < 1.29 is 14.6 Å². The Balaban J connectivity index is 2.26. The predicted molar refractivity (Wildman–Crippen MR) is 56.6 cm³/mol. The molecule has 0 spiro atoms. The highest BCUT2D eigenvalue weighted by molar-refractivity contribution is 5.77. The molecule has 0 aliphatic carbocycles. The van der Waals surface area contributed by atoms with Gasteiger partial charge in [-0.1, -0.05) is 0 Å². The maximum Gasteiger partial charge on any atom is 0.234 e. The molecule has 0 saturated carbocycles. The lowest BCUT2D eigenvalue weighted by atomic mass is 10.3. The van der Waals surface area contributed by atoms with Crippen LogP contribution in [0.4, 0.5) is 0 Å². The van der Waals surface area contributed by atoms with Crippen LogP contribution in [0.5, 0.6) is 0 Å². The molecule has 1 atom stereocenters. The predicted octanol–water partition coefficient (Wildman–Crippen LogP) is -0.794. The number of amides is 1. The Kier molecular flexibility index (Phi) is 5.60. The summed E-state index contributed by atoms with van der Waals surface area (Å²) in [5, 5.41) is 11.2. The molecule has 1 saturated heterocycles. The van der Waals surface area contributed by atoms with Crippen molar-refractivity contribution in [1.82, 2.24) is 10.2 Å². The molecule has 1 unspecified atom stereocenters. The fourth-order valence-corrected chi connectivity index (χ4v) is 1.68. The lowest BCUT2D eigenvalue weighted by Crippen LogP contribution is -2.40. The highest BCUT2D eigenvalue weighted by Gasteiger charge is 2.16. The zero-order valence-electron chi connectivity index (χ0n) is 9.24. The molecule has 1 amide bonds. The standard InChI is InChI=1S/C10H20N2O3/c1-9-7-12(4-2-6-15-9)8-10(14)11-3-5-13/h9,13H,2-8H2,1H3,(H,11,14). The highest BCUT2D eigenvalue weighted by Crippen LogP contribution is 2.04. The van der Waals surface area contributed by atoms with Gasteiger partial charge in [0.1, 0.15) is 0 Å². The number of aliphatic hydroxyl groups excluding tert-OH is 1. The van der Waals surface area contributed by atoms with Gasteiger partial charge in [0.15, 0.2) is 0 Å². The quantitative estimate of drug-likeness (QED) is 0.646. The topological polar surface area (TPSA) is 61.8 Å². The molecule has 5 heteroatoms. The van der Waals surface area contributed by atoms with E-state index >= 15 is 0 Å². The number of nitrogens with zero attached hydrogens (tertiary/aromatic N) is 1. The van der Waals surface area contributed by atoms with Crippen molar-refractivity contribution in [1.29, 1.82) is 0 Å². The Morgan fingerprint density at radius 1 is 1.67 bits per heavy atom. The van der Waals surface area contributed by atoms with Crippen LogP contribution in [0, 0.1) is 0 Å². The third-order valence-electron chi connectivity index (χ3n) is 2.34. The molecule has 0 radical (unpaired) electrons. The van der Waals surface area contributed by atoms with Crippen LogP contribution in [0.1, 0.15) is 13.3 Å². The van der Waals surface area contributed by atoms with E-state index in [9.17, 15) is 4.79 Å². The van der Waals surface area contributed by atoms with Gasteiger partial charge in [0.25, 0.3) is 0 Å². The maximum absolute atomic E-state index is 11.4. The van der Waals surface area contributed by atoms with Crippen molar-refractivity contribution >= 4 is 5.91 Å². The van der Waals surface area contributed by atoms with Crippen LogP contribution in [-0.4, -0.2) is 61.4 Å². The van der Waals surface area contributed by atoms with E-state index in [0.29, 0.717) is 13.1 Å². The molecule has 88 valence electrons. The molecule has 1 aliphatic heterocycles. The summed E-state index contributed by atoms with van der Waals surface area (Å²) >= 11 is 0. The Morgan fingerprint density at radius 2 is 2.47 bits per heavy atom. The van der Waals surface area contributed by atoms with Gasteiger partial charge in [0, 0.05) is 26.2 Å². The van der Waals surface area contributed by atoms with Gasteiger partial charge in [-0.3, -0.25) is 9.69 Å². The normalized spacial score (nSPS) is 23.5. The number of carbonyl (C=O) groups is 1. The first-order chi connectivity index (χ1) is 7.22. The van der Waals surface area contributed by atoms with Crippen molar-refractivity contribution in [2.45, 2.75) is 19.4 Å². The first-order valence-corrected chi connectivity index (χ1v) is 5.44. The lowest BCUT2D eigenvalue weighted by Gasteiger charge is -2.20. The minimum absolute atomic E-state index is 0.00868. The summed E-state index contributed by atoms with van der Waals surface area (Å²) in [6.07, 6.45) is 1.16. The number of ether oxygens (including phenoxy) is 1. The van der Waals surface area contributed by atoms with Crippen LogP contribution in [0.25, 0.3) is 0 Å². The minimum atomic E-state index is -0.0295. The van der Waals surface area contributed by atoms with Gasteiger partial charge >= 0.3 is 0 Å². The number of carbonyl (C=O) groups excluding carboxylic acids is 1. The molecule has 0 bridgehead atoms. The summed E-state index contributed by atoms with van der Waals surface area (Å²) in [6, 6.07) is 0. The van der Waals surface area contributed by atoms with Crippen molar-refractivity contribution in [3.05, 3.63) is 0 Å². The van der Waals surface area contributed by atoms with Crippen LogP contribution in [0.3, 0.4) is 0 Å². The second-order valence-corrected chi connectivity index (χ2v) is 3.84. The van der Waals surface area contributed by atoms with Gasteiger partial charge in [0.05, 0.1) is 19.3 Å². The number of hydrogen-bond donors (Lipinski definition) is 2. The zero-order valence-corrected chi connectivity index (χ0v) is 9.24. The molecule has 0 aromatic heterocycles. The van der Waals surface area contributed by atoms with Gasteiger partial charge in [-0.05, 0) is 13.3 Å². The van der Waals surface area contributed by atoms with Crippen LogP contribution >= 0.6 is 0 Å². The van der Waals surface area contributed by atoms with E-state index in [1.165, 1.54) is 0 Å². The van der Waals surface area contributed by atoms with Crippen LogP contribution in [0.2, 0.25) is 0 Å². The second kappa shape index (κ2) is 6.76. The van der Waals surface area contributed by atoms with Crippen LogP contribution in [0.15, 0.2) is 0 Å². The molecule has 15 heavy (non-hydrogen) atoms. The summed E-state index contributed by atoms with van der Waals surface area (Å²) in [6.45, 7) is 5.21. The van der Waals surface area contributed by atoms with E-state index < -0.39 is 0 Å². The van der Waals surface area contributed by atoms with Crippen molar-refractivity contribution in [3.63, 3.8) is 0 Å². The van der Waals surface area contributed by atoms with E-state index in [0.717, 1.165) is 26.1 Å². The number of rotatable bonds is 4. The van der Waals surface area contributed by atoms with E-state index in [2.05, 4.69) is 10.2 Å². The summed E-state index contributed by atoms with van der Waals surface area (Å²) in [4.78, 5) is 13.5. The van der Waals surface area contributed by atoms with E-state index in [1.54, 1.807) is 0 Å². The SMILES string of the molecule is CC1CN(CC(=O)NCCO)CCCO1. The summed E-state index contributed by atoms with van der Waals surface area (Å²) in [5.41, 5.74) is 0. The summed E-state index contributed by atoms with van der Waals surface area (Å²) < 4.78 is 5.48. The molecule has 1 heterocycles. The van der Waals surface area contributed by atoms with Crippen molar-refractivity contribution in [3.8, 4) is 0 Å². The summed E-state index contributed by atoms with van der Waals surface area (Å²) in [7, 11) is 0. The zero-order chi connectivity index (χ0) is 11.1. The molecule has 1 fully saturated rings. The number of aliphatic hydroxyl groups is 1. The lowest BCUT2D eigenvalue weighted by molar-refractivity contribution is -0.122. The number of hydrogen-bond acceptors (Lipinski definition) is 4. The van der Waals surface area contributed by atoms with Gasteiger partial charge in [-0.2, -0.15) is 0 Å². The Bertz CT molecular complexity index is 199. The summed E-state index contributed by atoms with van der Waals surface area (Å²) in [5.74, 6) is -0.0295. The molecule has 0 aromatic carbocycles. The molecular formula is C10H20N2O3. The molecule has 0 aromatic rings. The largest absolute Gasteiger partial charge is 0.395 e. The molecule has 5 nitrogen and oxygen atoms in total. The maximum atomic E-state index is 11.4. The molecule has 1 rings (SSSR count). The fraction of sp³-hybridized carbons (Fsp3) is 0.900. The first kappa shape index (κ1) is 12.4. The highest BCUT2D eigenvalue weighted by atomic mass is 16.5. The van der Waals surface area contributed by atoms with Crippen molar-refractivity contribution in [2.24, 2.45) is 0 Å². The molecule has 1 aliphatic rings. The van der Waals surface area contributed by atoms with Gasteiger partial charge in [-0.25, -0.2) is 0 Å². The Morgan fingerprint density at radius 3 is 3.20 bits per heavy atom. The second-order valence-electron chi connectivity index (χ2n) is 3.84. The monoisotopic (exact) mass is 216 g/mol. The third-order valence-corrected chi connectivity index (χ3v) is 2.34. The number of nitrogens with one attached hydrogen (secondary N) is 1. The van der Waals surface area contributed by atoms with Gasteiger partial charge in [-0.15, -0.1) is 0 Å². The molecular weight excluding hydrogens is 196 g/mol. The van der Waals surface area contributed by atoms with Crippen LogP contribution < -0.4 is 5.32 Å². The average Bonchev–Trinajstić information content (AvgIpc) is 2.39. The Labute approximate surface area is 90.4 Å². The third kappa shape index (κ3) is 5.11. The fourth-order valence-electron chi connectivity index (χ4n) is 1.68. The van der Waals surface area contributed by atoms with E-state index in [1.807, 2.05) is 6.92 Å². The van der Waals surface area contributed by atoms with Gasteiger partial charge in [0.2, 0.25) is 5.91 Å². The smallest absolute Gasteiger partial charge is 0.234 e. The average molecular weight is 216 g/mol.